The summed E-state index contributed by atoms with van der Waals surface area (Å²) in [7, 11) is 1.32. The number of hydrogen-bond donors (Lipinski definition) is 3. The summed E-state index contributed by atoms with van der Waals surface area (Å²) >= 11 is 0.767. The highest BCUT2D eigenvalue weighted by atomic mass is 32.2. The van der Waals surface area contributed by atoms with Gasteiger partial charge in [0.15, 0.2) is 16.1 Å². The summed E-state index contributed by atoms with van der Waals surface area (Å²) in [5, 5.41) is 6.80. The number of aryl methyl sites for hydroxylation is 1. The van der Waals surface area contributed by atoms with E-state index in [-0.39, 0.29) is 21.8 Å². The zero-order chi connectivity index (χ0) is 18.3. The number of amides is 1. The Morgan fingerprint density at radius 2 is 2.00 bits per heavy atom. The van der Waals surface area contributed by atoms with Crippen molar-refractivity contribution in [2.45, 2.75) is 13.8 Å². The first kappa shape index (κ1) is 19.2. The predicted octanol–water partition coefficient (Wildman–Crippen LogP) is 1.01. The molecule has 1 rings (SSSR count). The molecule has 128 valence electrons. The van der Waals surface area contributed by atoms with Crippen molar-refractivity contribution in [3.05, 3.63) is 39.6 Å². The van der Waals surface area contributed by atoms with Gasteiger partial charge in [-0.1, -0.05) is 0 Å². The van der Waals surface area contributed by atoms with E-state index in [0.29, 0.717) is 11.3 Å². The third-order valence-electron chi connectivity index (χ3n) is 2.54. The summed E-state index contributed by atoms with van der Waals surface area (Å²) in [5.41, 5.74) is 11.4. The van der Waals surface area contributed by atoms with Crippen molar-refractivity contribution in [3.8, 4) is 5.75 Å². The van der Waals surface area contributed by atoms with E-state index in [0.717, 1.165) is 18.0 Å². The lowest BCUT2D eigenvalue weighted by Gasteiger charge is -2.03. The van der Waals surface area contributed by atoms with Gasteiger partial charge in [-0.25, -0.2) is 9.79 Å². The normalized spacial score (nSPS) is 12.9. The molecule has 1 amide bonds. The van der Waals surface area contributed by atoms with Crippen LogP contribution in [0.2, 0.25) is 0 Å². The Morgan fingerprint density at radius 3 is 2.54 bits per heavy atom. The van der Waals surface area contributed by atoms with E-state index in [9.17, 15) is 9.59 Å². The molecule has 1 heterocycles. The maximum absolute atomic E-state index is 12.0. The quantitative estimate of drug-likeness (QED) is 0.539. The Labute approximate surface area is 142 Å². The average Bonchev–Trinajstić information content (AvgIpc) is 2.46. The van der Waals surface area contributed by atoms with Gasteiger partial charge in [0.1, 0.15) is 0 Å². The van der Waals surface area contributed by atoms with Gasteiger partial charge >= 0.3 is 11.5 Å². The molecule has 9 nitrogen and oxygen atoms in total. The molecular formula is C14H17N5O4S. The minimum atomic E-state index is -0.831. The first-order chi connectivity index (χ1) is 11.3. The van der Waals surface area contributed by atoms with Crippen LogP contribution in [0.15, 0.2) is 37.0 Å². The second kappa shape index (κ2) is 8.67. The van der Waals surface area contributed by atoms with Crippen LogP contribution in [-0.2, 0) is 0 Å². The summed E-state index contributed by atoms with van der Waals surface area (Å²) < 4.78 is 9.71. The number of nitrogens with two attached hydrogens (primary N) is 2. The van der Waals surface area contributed by atoms with E-state index in [4.69, 9.17) is 26.0 Å². The molecule has 0 aliphatic rings. The number of nitrogens with zero attached hydrogens (tertiary/aromatic N) is 2. The molecule has 0 fully saturated rings. The van der Waals surface area contributed by atoms with E-state index >= 15 is 0 Å². The lowest BCUT2D eigenvalue weighted by Crippen LogP contribution is -2.18. The summed E-state index contributed by atoms with van der Waals surface area (Å²) in [6.07, 6.45) is 2.49. The van der Waals surface area contributed by atoms with Gasteiger partial charge in [0.2, 0.25) is 5.75 Å². The van der Waals surface area contributed by atoms with E-state index in [1.54, 1.807) is 13.8 Å². The number of rotatable bonds is 4. The number of methoxy groups -OCH3 is 1. The van der Waals surface area contributed by atoms with Crippen LogP contribution >= 0.6 is 11.8 Å². The Morgan fingerprint density at radius 1 is 1.38 bits per heavy atom. The largest absolute Gasteiger partial charge is 0.490 e. The van der Waals surface area contributed by atoms with E-state index in [2.05, 4.69) is 9.98 Å². The third-order valence-corrected chi connectivity index (χ3v) is 3.14. The maximum Gasteiger partial charge on any atom is 0.379 e. The molecular weight excluding hydrogens is 334 g/mol. The van der Waals surface area contributed by atoms with Crippen LogP contribution in [0.1, 0.15) is 23.0 Å². The smallest absolute Gasteiger partial charge is 0.379 e. The van der Waals surface area contributed by atoms with Crippen molar-refractivity contribution in [2.24, 2.45) is 21.5 Å². The topological polar surface area (TPSA) is 157 Å². The molecule has 0 radical (unpaired) electrons. The molecule has 0 spiro atoms. The van der Waals surface area contributed by atoms with Crippen molar-refractivity contribution in [3.63, 3.8) is 0 Å². The third kappa shape index (κ3) is 5.39. The predicted molar refractivity (Wildman–Crippen MR) is 94.0 cm³/mol. The van der Waals surface area contributed by atoms with Crippen molar-refractivity contribution in [1.82, 2.24) is 0 Å². The molecule has 10 heteroatoms. The van der Waals surface area contributed by atoms with Crippen LogP contribution in [0, 0.1) is 12.3 Å². The molecule has 1 aromatic rings. The minimum absolute atomic E-state index is 0.0164. The highest BCUT2D eigenvalue weighted by molar-refractivity contribution is 8.26. The summed E-state index contributed by atoms with van der Waals surface area (Å²) in [4.78, 5) is 31.2. The van der Waals surface area contributed by atoms with Gasteiger partial charge in [0, 0.05) is 17.5 Å². The molecule has 0 atom stereocenters. The first-order valence-corrected chi connectivity index (χ1v) is 7.36. The Kier molecular flexibility index (Phi) is 6.93. The Balaban J connectivity index is 2.97. The number of thioether (sulfide) groups is 1. The van der Waals surface area contributed by atoms with Crippen molar-refractivity contribution >= 4 is 34.2 Å². The summed E-state index contributed by atoms with van der Waals surface area (Å²) in [6.45, 7) is 3.24. The number of allylic oxidation sites excluding steroid dienone is 2. The molecule has 5 N–H and O–H groups in total. The van der Waals surface area contributed by atoms with Crippen LogP contribution in [0.3, 0.4) is 0 Å². The zero-order valence-corrected chi connectivity index (χ0v) is 14.1. The molecule has 0 aromatic carbocycles. The van der Waals surface area contributed by atoms with Crippen LogP contribution < -0.4 is 21.8 Å². The highest BCUT2D eigenvalue weighted by Crippen LogP contribution is 2.14. The molecule has 24 heavy (non-hydrogen) atoms. The monoisotopic (exact) mass is 351 g/mol. The number of amidine groups is 2. The van der Waals surface area contributed by atoms with Crippen LogP contribution in [0.4, 0.5) is 0 Å². The number of carbonyl (C=O) groups is 1. The van der Waals surface area contributed by atoms with Crippen LogP contribution in [0.5, 0.6) is 5.75 Å². The van der Waals surface area contributed by atoms with Gasteiger partial charge in [-0.15, -0.1) is 0 Å². The summed E-state index contributed by atoms with van der Waals surface area (Å²) in [5.74, 6) is -1.08. The second-order valence-corrected chi connectivity index (χ2v) is 5.44. The van der Waals surface area contributed by atoms with Crippen molar-refractivity contribution in [2.75, 3.05) is 7.11 Å². The Hall–Kier alpha value is -2.88. The maximum atomic E-state index is 12.0. The number of ether oxygens (including phenoxy) is 1. The highest BCUT2D eigenvalue weighted by Gasteiger charge is 2.15. The lowest BCUT2D eigenvalue weighted by atomic mass is 10.2. The number of nitrogens with one attached hydrogen (secondary N) is 1. The van der Waals surface area contributed by atoms with Gasteiger partial charge in [-0.05, 0) is 37.8 Å². The molecule has 0 unspecified atom stereocenters. The van der Waals surface area contributed by atoms with Crippen molar-refractivity contribution in [1.29, 1.82) is 5.41 Å². The fourth-order valence-corrected chi connectivity index (χ4v) is 2.12. The summed E-state index contributed by atoms with van der Waals surface area (Å²) in [6, 6.07) is 1.33. The van der Waals surface area contributed by atoms with Gasteiger partial charge < -0.3 is 26.0 Å². The molecule has 1 aromatic heterocycles. The average molecular weight is 351 g/mol. The van der Waals surface area contributed by atoms with Gasteiger partial charge in [0.05, 0.1) is 7.11 Å². The minimum Gasteiger partial charge on any atom is -0.490 e. The molecule has 0 aliphatic carbocycles. The van der Waals surface area contributed by atoms with Gasteiger partial charge in [-0.2, -0.15) is 4.99 Å². The lowest BCUT2D eigenvalue weighted by molar-refractivity contribution is 0.0971. The fourth-order valence-electron chi connectivity index (χ4n) is 1.59. The number of hydrogen-bond acceptors (Lipinski definition) is 7. The Bertz CT molecular complexity index is 795. The first-order valence-electron chi connectivity index (χ1n) is 6.55. The molecule has 0 aliphatic heterocycles. The van der Waals surface area contributed by atoms with Crippen LogP contribution in [-0.4, -0.2) is 29.6 Å². The SMILES string of the molecule is COc1c(C)cc(C(=O)N=C(N)SC(N)=N/C(C)=C\C=N)oc1=O. The standard InChI is InChI=1S/C14H17N5O4S/c1-7-6-9(23-12(21)10(7)22-3)11(20)19-14(17)24-13(16)18-8(2)4-5-15/h4-6,15H,1-3H3,(H2,16,18)(H2,17,19,20)/b8-4-,15-5?. The van der Waals surface area contributed by atoms with E-state index in [1.165, 1.54) is 19.3 Å². The molecule has 0 saturated heterocycles. The van der Waals surface area contributed by atoms with E-state index in [1.807, 2.05) is 0 Å². The van der Waals surface area contributed by atoms with Crippen molar-refractivity contribution < 1.29 is 13.9 Å². The zero-order valence-electron chi connectivity index (χ0n) is 13.3. The molecule has 0 saturated carbocycles. The fraction of sp³-hybridized carbons (Fsp3) is 0.214. The second-order valence-electron chi connectivity index (χ2n) is 4.40. The number of carbonyl (C=O) groups excluding carboxylic acids is 1. The van der Waals surface area contributed by atoms with Crippen LogP contribution in [0.25, 0.3) is 0 Å². The van der Waals surface area contributed by atoms with E-state index < -0.39 is 11.5 Å². The van der Waals surface area contributed by atoms with Gasteiger partial charge in [-0.3, -0.25) is 4.79 Å². The molecule has 0 bridgehead atoms. The van der Waals surface area contributed by atoms with Gasteiger partial charge in [0.25, 0.3) is 0 Å². The number of aliphatic imine (C=N–C) groups is 2.